The third-order valence-electron chi connectivity index (χ3n) is 3.36. The Bertz CT molecular complexity index is 889. The first kappa shape index (κ1) is 14.9. The minimum atomic E-state index is -0.191. The molecule has 0 saturated heterocycles. The van der Waals surface area contributed by atoms with Gasteiger partial charge in [0.15, 0.2) is 0 Å². The van der Waals surface area contributed by atoms with Crippen LogP contribution in [-0.2, 0) is 0 Å². The number of aromatic hydroxyl groups is 1. The summed E-state index contributed by atoms with van der Waals surface area (Å²) in [5.41, 5.74) is 2.20. The molecule has 3 aromatic rings. The number of benzene rings is 1. The van der Waals surface area contributed by atoms with Crippen LogP contribution in [0.1, 0.15) is 19.9 Å². The first-order valence-electron chi connectivity index (χ1n) is 7.28. The second kappa shape index (κ2) is 6.00. The molecule has 0 spiro atoms. The molecule has 6 heteroatoms. The predicted molar refractivity (Wildman–Crippen MR) is 87.0 cm³/mol. The fourth-order valence-corrected chi connectivity index (χ4v) is 2.29. The zero-order chi connectivity index (χ0) is 16.4. The van der Waals surface area contributed by atoms with E-state index in [0.29, 0.717) is 17.1 Å². The van der Waals surface area contributed by atoms with Crippen molar-refractivity contribution in [2.45, 2.75) is 19.9 Å². The monoisotopic (exact) mass is 308 g/mol. The van der Waals surface area contributed by atoms with Crippen LogP contribution in [0.5, 0.6) is 5.88 Å². The topological polar surface area (TPSA) is 80.9 Å². The van der Waals surface area contributed by atoms with Crippen molar-refractivity contribution in [2.75, 3.05) is 0 Å². The Hall–Kier alpha value is -3.02. The van der Waals surface area contributed by atoms with Gasteiger partial charge in [-0.05, 0) is 19.9 Å². The maximum absolute atomic E-state index is 11.9. The number of nitrogens with zero attached hydrogens (tertiary/aromatic N) is 4. The Labute approximate surface area is 133 Å². The lowest BCUT2D eigenvalue weighted by Crippen LogP contribution is -2.24. The fraction of sp³-hybridized carbons (Fsp3) is 0.176. The summed E-state index contributed by atoms with van der Waals surface area (Å²) < 4.78 is 1.38. The molecule has 3 rings (SSSR count). The average molecular weight is 308 g/mol. The summed E-state index contributed by atoms with van der Waals surface area (Å²) in [6.45, 7) is 3.76. The normalized spacial score (nSPS) is 10.9. The average Bonchev–Trinajstić information content (AvgIpc) is 2.56. The summed E-state index contributed by atoms with van der Waals surface area (Å²) in [4.78, 5) is 20.3. The van der Waals surface area contributed by atoms with Crippen LogP contribution in [0.2, 0.25) is 0 Å². The molecule has 0 saturated carbocycles. The second-order valence-corrected chi connectivity index (χ2v) is 5.39. The number of hydrogen-bond donors (Lipinski definition) is 1. The molecule has 0 fully saturated rings. The molecule has 1 aromatic carbocycles. The number of aromatic nitrogens is 4. The highest BCUT2D eigenvalue weighted by Gasteiger charge is 2.15. The van der Waals surface area contributed by atoms with Crippen LogP contribution in [-0.4, -0.2) is 24.9 Å². The fourth-order valence-electron chi connectivity index (χ4n) is 2.29. The van der Waals surface area contributed by atoms with Gasteiger partial charge in [0.2, 0.25) is 5.88 Å². The van der Waals surface area contributed by atoms with Gasteiger partial charge in [0.25, 0.3) is 5.56 Å². The highest BCUT2D eigenvalue weighted by Crippen LogP contribution is 2.28. The van der Waals surface area contributed by atoms with Gasteiger partial charge in [0.05, 0.1) is 17.9 Å². The van der Waals surface area contributed by atoms with Crippen LogP contribution in [0.25, 0.3) is 22.6 Å². The van der Waals surface area contributed by atoms with Crippen LogP contribution in [0.4, 0.5) is 0 Å². The minimum absolute atomic E-state index is 0.0760. The van der Waals surface area contributed by atoms with Crippen LogP contribution in [0.3, 0.4) is 0 Å². The minimum Gasteiger partial charge on any atom is -0.492 e. The van der Waals surface area contributed by atoms with Gasteiger partial charge in [-0.3, -0.25) is 4.79 Å². The van der Waals surface area contributed by atoms with Crippen LogP contribution >= 0.6 is 0 Å². The van der Waals surface area contributed by atoms with E-state index in [2.05, 4.69) is 15.1 Å². The van der Waals surface area contributed by atoms with Gasteiger partial charge in [0, 0.05) is 11.6 Å². The molecule has 0 amide bonds. The smallest absolute Gasteiger partial charge is 0.267 e. The predicted octanol–water partition coefficient (Wildman–Crippen LogP) is 2.65. The van der Waals surface area contributed by atoms with Crippen molar-refractivity contribution in [1.29, 1.82) is 0 Å². The van der Waals surface area contributed by atoms with Crippen molar-refractivity contribution in [3.05, 3.63) is 59.0 Å². The van der Waals surface area contributed by atoms with Crippen LogP contribution < -0.4 is 5.56 Å². The molecular weight excluding hydrogens is 292 g/mol. The van der Waals surface area contributed by atoms with E-state index in [9.17, 15) is 9.90 Å². The molecule has 0 aliphatic carbocycles. The summed E-state index contributed by atoms with van der Waals surface area (Å²) in [5, 5.41) is 14.1. The van der Waals surface area contributed by atoms with E-state index in [1.165, 1.54) is 16.9 Å². The van der Waals surface area contributed by atoms with Gasteiger partial charge in [-0.25, -0.2) is 14.6 Å². The molecule has 116 valence electrons. The van der Waals surface area contributed by atoms with Crippen molar-refractivity contribution in [3.63, 3.8) is 0 Å². The zero-order valence-electron chi connectivity index (χ0n) is 12.8. The van der Waals surface area contributed by atoms with E-state index in [1.807, 2.05) is 44.2 Å². The Morgan fingerprint density at radius 2 is 1.78 bits per heavy atom. The molecule has 1 N–H and O–H groups in total. The summed E-state index contributed by atoms with van der Waals surface area (Å²) in [6, 6.07) is 12.5. The largest absolute Gasteiger partial charge is 0.492 e. The molecule has 0 aliphatic rings. The summed E-state index contributed by atoms with van der Waals surface area (Å²) in [7, 11) is 0. The van der Waals surface area contributed by atoms with Gasteiger partial charge in [-0.1, -0.05) is 30.3 Å². The molecule has 0 atom stereocenters. The Morgan fingerprint density at radius 1 is 1.04 bits per heavy atom. The third-order valence-corrected chi connectivity index (χ3v) is 3.36. The molecule has 2 heterocycles. The highest BCUT2D eigenvalue weighted by molar-refractivity contribution is 5.75. The quantitative estimate of drug-likeness (QED) is 0.804. The molecule has 6 nitrogen and oxygen atoms in total. The SMILES string of the molecule is CC(C)n1nc(-c2nc(O)cnc2-c2ccccc2)ccc1=O. The van der Waals surface area contributed by atoms with Gasteiger partial charge < -0.3 is 5.11 Å². The van der Waals surface area contributed by atoms with E-state index >= 15 is 0 Å². The van der Waals surface area contributed by atoms with Crippen LogP contribution in [0, 0.1) is 0 Å². The van der Waals surface area contributed by atoms with Crippen molar-refractivity contribution in [1.82, 2.24) is 19.7 Å². The zero-order valence-corrected chi connectivity index (χ0v) is 12.8. The third kappa shape index (κ3) is 2.96. The van der Waals surface area contributed by atoms with Crippen molar-refractivity contribution in [3.8, 4) is 28.5 Å². The summed E-state index contributed by atoms with van der Waals surface area (Å²) >= 11 is 0. The Balaban J connectivity index is 2.22. The molecule has 23 heavy (non-hydrogen) atoms. The second-order valence-electron chi connectivity index (χ2n) is 5.39. The molecule has 0 radical (unpaired) electrons. The lowest BCUT2D eigenvalue weighted by atomic mass is 10.1. The van der Waals surface area contributed by atoms with Crippen LogP contribution in [0.15, 0.2) is 53.5 Å². The van der Waals surface area contributed by atoms with E-state index in [4.69, 9.17) is 0 Å². The summed E-state index contributed by atoms with van der Waals surface area (Å²) in [6.07, 6.45) is 1.30. The molecule has 0 unspecified atom stereocenters. The Morgan fingerprint density at radius 3 is 2.48 bits per heavy atom. The van der Waals surface area contributed by atoms with E-state index in [-0.39, 0.29) is 17.5 Å². The van der Waals surface area contributed by atoms with Gasteiger partial charge >= 0.3 is 0 Å². The Kier molecular flexibility index (Phi) is 3.89. The van der Waals surface area contributed by atoms with E-state index in [0.717, 1.165) is 5.56 Å². The van der Waals surface area contributed by atoms with Gasteiger partial charge in [-0.2, -0.15) is 5.10 Å². The summed E-state index contributed by atoms with van der Waals surface area (Å²) in [5.74, 6) is -0.191. The van der Waals surface area contributed by atoms with Crippen molar-refractivity contribution in [2.24, 2.45) is 0 Å². The van der Waals surface area contributed by atoms with E-state index < -0.39 is 0 Å². The standard InChI is InChI=1S/C17H16N4O2/c1-11(2)21-15(23)9-8-13(20-21)17-16(18-10-14(22)19-17)12-6-4-3-5-7-12/h3-11H,1-2H3,(H,19,22). The first-order chi connectivity index (χ1) is 11.1. The number of hydrogen-bond acceptors (Lipinski definition) is 5. The number of rotatable bonds is 3. The maximum Gasteiger partial charge on any atom is 0.267 e. The molecular formula is C17H16N4O2. The molecule has 2 aromatic heterocycles. The van der Waals surface area contributed by atoms with Crippen molar-refractivity contribution < 1.29 is 5.11 Å². The highest BCUT2D eigenvalue weighted by atomic mass is 16.3. The van der Waals surface area contributed by atoms with E-state index in [1.54, 1.807) is 6.07 Å². The molecule has 0 bridgehead atoms. The maximum atomic E-state index is 11.9. The first-order valence-corrected chi connectivity index (χ1v) is 7.28. The lowest BCUT2D eigenvalue weighted by molar-refractivity contribution is 0.451. The lowest BCUT2D eigenvalue weighted by Gasteiger charge is -2.12. The van der Waals surface area contributed by atoms with Crippen molar-refractivity contribution >= 4 is 0 Å². The van der Waals surface area contributed by atoms with Gasteiger partial charge in [-0.15, -0.1) is 0 Å². The van der Waals surface area contributed by atoms with Gasteiger partial charge in [0.1, 0.15) is 11.4 Å². The molecule has 0 aliphatic heterocycles.